The number of nitrogens with zero attached hydrogens (tertiary/aromatic N) is 1. The van der Waals surface area contributed by atoms with Crippen LogP contribution in [-0.4, -0.2) is 45.5 Å². The van der Waals surface area contributed by atoms with Crippen LogP contribution < -0.4 is 0 Å². The number of carbonyl (C=O) groups is 1. The van der Waals surface area contributed by atoms with E-state index in [-0.39, 0.29) is 12.6 Å². The SMILES string of the molecule is COC1CCN(C(=O)c2cc(S(=O)(=O)Cl)cc(F)c2F)C1. The first-order valence-corrected chi connectivity index (χ1v) is 8.30. The summed E-state index contributed by atoms with van der Waals surface area (Å²) in [5.41, 5.74) is -0.661. The van der Waals surface area contributed by atoms with Crippen LogP contribution in [0.4, 0.5) is 8.78 Å². The molecular weight excluding hydrogens is 328 g/mol. The van der Waals surface area contributed by atoms with Gasteiger partial charge in [-0.3, -0.25) is 4.79 Å². The molecule has 21 heavy (non-hydrogen) atoms. The van der Waals surface area contributed by atoms with Crippen molar-refractivity contribution in [3.05, 3.63) is 29.3 Å². The lowest BCUT2D eigenvalue weighted by Crippen LogP contribution is -2.31. The van der Waals surface area contributed by atoms with Crippen LogP contribution in [0, 0.1) is 11.6 Å². The summed E-state index contributed by atoms with van der Waals surface area (Å²) < 4.78 is 54.8. The molecule has 116 valence electrons. The van der Waals surface area contributed by atoms with Gasteiger partial charge in [0.2, 0.25) is 0 Å². The molecule has 1 unspecified atom stereocenters. The van der Waals surface area contributed by atoms with E-state index in [0.717, 1.165) is 6.07 Å². The predicted molar refractivity (Wildman–Crippen MR) is 70.7 cm³/mol. The third kappa shape index (κ3) is 3.33. The number of ether oxygens (including phenoxy) is 1. The minimum atomic E-state index is -4.27. The summed E-state index contributed by atoms with van der Waals surface area (Å²) in [6, 6.07) is 1.18. The molecule has 1 aliphatic heterocycles. The van der Waals surface area contributed by atoms with Crippen LogP contribution in [-0.2, 0) is 13.8 Å². The number of halogens is 3. The van der Waals surface area contributed by atoms with E-state index in [2.05, 4.69) is 0 Å². The first kappa shape index (κ1) is 16.1. The van der Waals surface area contributed by atoms with Crippen molar-refractivity contribution in [2.45, 2.75) is 17.4 Å². The number of likely N-dealkylation sites (tertiary alicyclic amines) is 1. The van der Waals surface area contributed by atoms with Crippen LogP contribution in [0.1, 0.15) is 16.8 Å². The van der Waals surface area contributed by atoms with Gasteiger partial charge in [-0.25, -0.2) is 17.2 Å². The smallest absolute Gasteiger partial charge is 0.261 e. The second-order valence-electron chi connectivity index (χ2n) is 4.60. The van der Waals surface area contributed by atoms with Crippen molar-refractivity contribution in [1.29, 1.82) is 0 Å². The number of rotatable bonds is 3. The second kappa shape index (κ2) is 5.86. The minimum Gasteiger partial charge on any atom is -0.380 e. The molecule has 1 saturated heterocycles. The molecule has 1 aromatic carbocycles. The zero-order valence-corrected chi connectivity index (χ0v) is 12.5. The highest BCUT2D eigenvalue weighted by Crippen LogP contribution is 2.24. The van der Waals surface area contributed by atoms with E-state index in [1.807, 2.05) is 0 Å². The predicted octanol–water partition coefficient (Wildman–Crippen LogP) is 1.75. The Morgan fingerprint density at radius 2 is 2.10 bits per heavy atom. The third-order valence-electron chi connectivity index (χ3n) is 3.28. The molecule has 1 aliphatic rings. The number of hydrogen-bond donors (Lipinski definition) is 0. The standard InChI is InChI=1S/C12H12ClF2NO4S/c1-20-7-2-3-16(6-7)12(17)9-4-8(21(13,18)19)5-10(14)11(9)15/h4-5,7H,2-3,6H2,1H3. The summed E-state index contributed by atoms with van der Waals surface area (Å²) in [5.74, 6) is -3.64. The van der Waals surface area contributed by atoms with E-state index in [4.69, 9.17) is 15.4 Å². The number of benzene rings is 1. The number of methoxy groups -OCH3 is 1. The highest BCUT2D eigenvalue weighted by atomic mass is 35.7. The van der Waals surface area contributed by atoms with Gasteiger partial charge in [-0.15, -0.1) is 0 Å². The lowest BCUT2D eigenvalue weighted by Gasteiger charge is -2.17. The Morgan fingerprint density at radius 1 is 1.43 bits per heavy atom. The summed E-state index contributed by atoms with van der Waals surface area (Å²) in [5, 5.41) is 0. The molecule has 0 bridgehead atoms. The Labute approximate surface area is 124 Å². The van der Waals surface area contributed by atoms with Gasteiger partial charge < -0.3 is 9.64 Å². The highest BCUT2D eigenvalue weighted by molar-refractivity contribution is 8.13. The van der Waals surface area contributed by atoms with Crippen molar-refractivity contribution in [3.63, 3.8) is 0 Å². The van der Waals surface area contributed by atoms with E-state index >= 15 is 0 Å². The zero-order valence-electron chi connectivity index (χ0n) is 11.0. The van der Waals surface area contributed by atoms with Gasteiger partial charge >= 0.3 is 0 Å². The maximum absolute atomic E-state index is 13.8. The lowest BCUT2D eigenvalue weighted by molar-refractivity contribution is 0.0718. The average molecular weight is 340 g/mol. The van der Waals surface area contributed by atoms with Crippen LogP contribution in [0.2, 0.25) is 0 Å². The number of amides is 1. The molecule has 1 heterocycles. The molecule has 0 saturated carbocycles. The molecule has 1 amide bonds. The Morgan fingerprint density at radius 3 is 2.62 bits per heavy atom. The molecule has 1 aromatic rings. The maximum atomic E-state index is 13.8. The third-order valence-corrected chi connectivity index (χ3v) is 4.61. The van der Waals surface area contributed by atoms with E-state index in [1.165, 1.54) is 12.0 Å². The fourth-order valence-electron chi connectivity index (χ4n) is 2.14. The van der Waals surface area contributed by atoms with Gasteiger partial charge in [0, 0.05) is 30.9 Å². The maximum Gasteiger partial charge on any atom is 0.261 e. The zero-order chi connectivity index (χ0) is 15.8. The van der Waals surface area contributed by atoms with Gasteiger partial charge in [0.05, 0.1) is 16.6 Å². The molecule has 0 N–H and O–H groups in total. The molecule has 9 heteroatoms. The summed E-state index contributed by atoms with van der Waals surface area (Å²) in [6.07, 6.45) is 0.390. The fraction of sp³-hybridized carbons (Fsp3) is 0.417. The van der Waals surface area contributed by atoms with Crippen LogP contribution in [0.5, 0.6) is 0 Å². The van der Waals surface area contributed by atoms with Crippen LogP contribution in [0.15, 0.2) is 17.0 Å². The molecule has 5 nitrogen and oxygen atoms in total. The van der Waals surface area contributed by atoms with Crippen molar-refractivity contribution < 1.29 is 26.7 Å². The monoisotopic (exact) mass is 339 g/mol. The van der Waals surface area contributed by atoms with E-state index in [1.54, 1.807) is 0 Å². The average Bonchev–Trinajstić information content (AvgIpc) is 2.88. The summed E-state index contributed by atoms with van der Waals surface area (Å²) in [4.78, 5) is 12.8. The van der Waals surface area contributed by atoms with Crippen molar-refractivity contribution in [3.8, 4) is 0 Å². The summed E-state index contributed by atoms with van der Waals surface area (Å²) in [6.45, 7) is 0.546. The van der Waals surface area contributed by atoms with Crippen molar-refractivity contribution in [2.75, 3.05) is 20.2 Å². The Hall–Kier alpha value is -1.25. The van der Waals surface area contributed by atoms with E-state index in [9.17, 15) is 22.0 Å². The van der Waals surface area contributed by atoms with Gasteiger partial charge in [-0.05, 0) is 18.6 Å². The van der Waals surface area contributed by atoms with Gasteiger partial charge in [-0.1, -0.05) is 0 Å². The summed E-state index contributed by atoms with van der Waals surface area (Å²) >= 11 is 0. The Kier molecular flexibility index (Phi) is 4.50. The Balaban J connectivity index is 2.39. The number of hydrogen-bond acceptors (Lipinski definition) is 4. The highest BCUT2D eigenvalue weighted by Gasteiger charge is 2.30. The topological polar surface area (TPSA) is 63.7 Å². The van der Waals surface area contributed by atoms with Gasteiger partial charge in [-0.2, -0.15) is 0 Å². The van der Waals surface area contributed by atoms with Crippen molar-refractivity contribution >= 4 is 25.6 Å². The van der Waals surface area contributed by atoms with Gasteiger partial charge in [0.15, 0.2) is 11.6 Å². The molecule has 0 spiro atoms. The van der Waals surface area contributed by atoms with Crippen molar-refractivity contribution in [2.24, 2.45) is 0 Å². The van der Waals surface area contributed by atoms with Gasteiger partial charge in [0.1, 0.15) is 0 Å². The molecule has 1 atom stereocenters. The molecule has 0 radical (unpaired) electrons. The largest absolute Gasteiger partial charge is 0.380 e. The minimum absolute atomic E-state index is 0.179. The van der Waals surface area contributed by atoms with Crippen molar-refractivity contribution in [1.82, 2.24) is 4.90 Å². The normalized spacial score (nSPS) is 19.0. The van der Waals surface area contributed by atoms with Crippen LogP contribution in [0.25, 0.3) is 0 Å². The Bertz CT molecular complexity index is 680. The van der Waals surface area contributed by atoms with Crippen LogP contribution >= 0.6 is 10.7 Å². The first-order chi connectivity index (χ1) is 9.74. The quantitative estimate of drug-likeness (QED) is 0.787. The lowest BCUT2D eigenvalue weighted by atomic mass is 10.2. The summed E-state index contributed by atoms with van der Waals surface area (Å²) in [7, 11) is 2.32. The second-order valence-corrected chi connectivity index (χ2v) is 7.17. The molecular formula is C12H12ClF2NO4S. The van der Waals surface area contributed by atoms with Crippen LogP contribution in [0.3, 0.4) is 0 Å². The first-order valence-electron chi connectivity index (χ1n) is 6.00. The molecule has 2 rings (SSSR count). The molecule has 0 aliphatic carbocycles. The fourth-order valence-corrected chi connectivity index (χ4v) is 2.91. The molecule has 1 fully saturated rings. The van der Waals surface area contributed by atoms with E-state index in [0.29, 0.717) is 19.0 Å². The van der Waals surface area contributed by atoms with E-state index < -0.39 is 37.1 Å². The van der Waals surface area contributed by atoms with Gasteiger partial charge in [0.25, 0.3) is 15.0 Å². The number of carbonyl (C=O) groups excluding carboxylic acids is 1. The molecule has 0 aromatic heterocycles.